The fraction of sp³-hybridized carbons (Fsp3) is 0.176. The van der Waals surface area contributed by atoms with Crippen molar-refractivity contribution < 1.29 is 27.4 Å². The van der Waals surface area contributed by atoms with Gasteiger partial charge in [-0.3, -0.25) is 4.79 Å². The Morgan fingerprint density at radius 1 is 1.12 bits per heavy atom. The van der Waals surface area contributed by atoms with E-state index in [4.69, 9.17) is 10.00 Å². The number of ether oxygens (including phenoxy) is 2. The molecule has 0 aliphatic rings. The average Bonchev–Trinajstić information content (AvgIpc) is 2.58. The Kier molecular flexibility index (Phi) is 5.84. The second kappa shape index (κ2) is 8.06. The lowest BCUT2D eigenvalue weighted by atomic mass is 10.1. The molecule has 0 aliphatic carbocycles. The molecule has 2 aromatic rings. The first-order valence-electron chi connectivity index (χ1n) is 7.14. The van der Waals surface area contributed by atoms with Crippen molar-refractivity contribution in [3.8, 4) is 17.6 Å². The Hall–Kier alpha value is -3.21. The van der Waals surface area contributed by atoms with Crippen LogP contribution < -0.4 is 14.8 Å². The molecule has 0 unspecified atom stereocenters. The molecule has 0 saturated carbocycles. The van der Waals surface area contributed by atoms with E-state index >= 15 is 0 Å². The van der Waals surface area contributed by atoms with Crippen LogP contribution >= 0.6 is 0 Å². The van der Waals surface area contributed by atoms with E-state index in [1.807, 2.05) is 6.07 Å². The van der Waals surface area contributed by atoms with Gasteiger partial charge in [0.05, 0.1) is 18.2 Å². The highest BCUT2D eigenvalue weighted by Gasteiger charge is 2.30. The summed E-state index contributed by atoms with van der Waals surface area (Å²) >= 11 is 0. The fourth-order valence-corrected chi connectivity index (χ4v) is 1.90. The van der Waals surface area contributed by atoms with Crippen LogP contribution in [0.1, 0.15) is 15.9 Å². The average molecular weight is 350 g/mol. The highest BCUT2D eigenvalue weighted by molar-refractivity contribution is 5.94. The number of hydrogen-bond donors (Lipinski definition) is 1. The van der Waals surface area contributed by atoms with Crippen LogP contribution in [-0.2, 0) is 0 Å². The van der Waals surface area contributed by atoms with E-state index in [1.165, 1.54) is 18.2 Å². The zero-order valence-electron chi connectivity index (χ0n) is 12.8. The number of nitrogens with zero attached hydrogens (tertiary/aromatic N) is 1. The third kappa shape index (κ3) is 6.06. The van der Waals surface area contributed by atoms with E-state index in [9.17, 15) is 18.0 Å². The molecule has 0 aliphatic heterocycles. The monoisotopic (exact) mass is 350 g/mol. The van der Waals surface area contributed by atoms with Crippen molar-refractivity contribution in [2.24, 2.45) is 0 Å². The van der Waals surface area contributed by atoms with Gasteiger partial charge in [0.1, 0.15) is 18.1 Å². The van der Waals surface area contributed by atoms with Gasteiger partial charge in [-0.1, -0.05) is 6.07 Å². The van der Waals surface area contributed by atoms with Crippen LogP contribution in [0.25, 0.3) is 0 Å². The number of alkyl halides is 3. The minimum absolute atomic E-state index is 0.128. The molecule has 1 amide bonds. The summed E-state index contributed by atoms with van der Waals surface area (Å²) in [5.41, 5.74) is 0.734. The smallest absolute Gasteiger partial charge is 0.492 e. The van der Waals surface area contributed by atoms with Crippen molar-refractivity contribution in [2.45, 2.75) is 6.36 Å². The third-order valence-corrected chi connectivity index (χ3v) is 2.97. The zero-order valence-corrected chi connectivity index (χ0v) is 12.8. The van der Waals surface area contributed by atoms with Crippen LogP contribution in [0.4, 0.5) is 13.2 Å². The van der Waals surface area contributed by atoms with E-state index < -0.39 is 6.36 Å². The van der Waals surface area contributed by atoms with Crippen LogP contribution in [0.2, 0.25) is 0 Å². The maximum absolute atomic E-state index is 12.0. The Morgan fingerprint density at radius 3 is 2.44 bits per heavy atom. The van der Waals surface area contributed by atoms with Gasteiger partial charge in [0.2, 0.25) is 0 Å². The van der Waals surface area contributed by atoms with Gasteiger partial charge < -0.3 is 14.8 Å². The van der Waals surface area contributed by atoms with Crippen molar-refractivity contribution in [3.63, 3.8) is 0 Å². The van der Waals surface area contributed by atoms with Crippen molar-refractivity contribution in [2.75, 3.05) is 13.2 Å². The first-order chi connectivity index (χ1) is 11.9. The van der Waals surface area contributed by atoms with Gasteiger partial charge >= 0.3 is 6.36 Å². The standard InChI is InChI=1S/C17H13F3N2O3/c18-17(19,20)25-15-6-4-14(5-7-15)24-9-8-22-16(23)13-3-1-2-12(10-13)11-21/h1-7,10H,8-9H2,(H,22,23). The largest absolute Gasteiger partial charge is 0.573 e. The van der Waals surface area contributed by atoms with E-state index in [2.05, 4.69) is 10.1 Å². The molecule has 0 atom stereocenters. The number of benzene rings is 2. The molecule has 5 nitrogen and oxygen atoms in total. The highest BCUT2D eigenvalue weighted by Crippen LogP contribution is 2.24. The Balaban J connectivity index is 1.77. The number of halogens is 3. The van der Waals surface area contributed by atoms with Gasteiger partial charge in [0.25, 0.3) is 5.91 Å². The maximum atomic E-state index is 12.0. The highest BCUT2D eigenvalue weighted by atomic mass is 19.4. The van der Waals surface area contributed by atoms with Gasteiger partial charge in [0.15, 0.2) is 0 Å². The summed E-state index contributed by atoms with van der Waals surface area (Å²) in [7, 11) is 0. The normalized spacial score (nSPS) is 10.6. The summed E-state index contributed by atoms with van der Waals surface area (Å²) in [6.07, 6.45) is -4.74. The quantitative estimate of drug-likeness (QED) is 0.812. The van der Waals surface area contributed by atoms with Gasteiger partial charge in [0, 0.05) is 5.56 Å². The Morgan fingerprint density at radius 2 is 1.80 bits per heavy atom. The van der Waals surface area contributed by atoms with Crippen LogP contribution in [-0.4, -0.2) is 25.4 Å². The minimum atomic E-state index is -4.74. The van der Waals surface area contributed by atoms with Crippen molar-refractivity contribution >= 4 is 5.91 Å². The molecular formula is C17H13F3N2O3. The maximum Gasteiger partial charge on any atom is 0.573 e. The predicted molar refractivity (Wildman–Crippen MR) is 82.1 cm³/mol. The summed E-state index contributed by atoms with van der Waals surface area (Å²) in [4.78, 5) is 11.9. The van der Waals surface area contributed by atoms with Crippen LogP contribution in [0.5, 0.6) is 11.5 Å². The first kappa shape index (κ1) is 18.1. The summed E-state index contributed by atoms with van der Waals surface area (Å²) < 4.78 is 45.2. The van der Waals surface area contributed by atoms with E-state index in [1.54, 1.807) is 18.2 Å². The van der Waals surface area contributed by atoms with Gasteiger partial charge in [-0.2, -0.15) is 5.26 Å². The number of rotatable bonds is 6. The molecule has 2 rings (SSSR count). The fourth-order valence-electron chi connectivity index (χ4n) is 1.90. The molecule has 0 spiro atoms. The lowest BCUT2D eigenvalue weighted by Gasteiger charge is -2.10. The van der Waals surface area contributed by atoms with E-state index in [0.29, 0.717) is 16.9 Å². The van der Waals surface area contributed by atoms with Crippen molar-refractivity contribution in [1.29, 1.82) is 5.26 Å². The number of nitrogens with one attached hydrogen (secondary N) is 1. The number of amides is 1. The number of carbonyl (C=O) groups is 1. The molecule has 1 N–H and O–H groups in total. The molecule has 0 bridgehead atoms. The van der Waals surface area contributed by atoms with Gasteiger partial charge in [-0.05, 0) is 42.5 Å². The molecule has 25 heavy (non-hydrogen) atoms. The van der Waals surface area contributed by atoms with Crippen molar-refractivity contribution in [1.82, 2.24) is 5.32 Å². The SMILES string of the molecule is N#Cc1cccc(C(=O)NCCOc2ccc(OC(F)(F)F)cc2)c1. The first-order valence-corrected chi connectivity index (χ1v) is 7.14. The molecule has 2 aromatic carbocycles. The number of carbonyl (C=O) groups excluding carboxylic acids is 1. The topological polar surface area (TPSA) is 71.4 Å². The minimum Gasteiger partial charge on any atom is -0.492 e. The molecule has 130 valence electrons. The molecule has 0 fully saturated rings. The molecule has 0 heterocycles. The predicted octanol–water partition coefficient (Wildman–Crippen LogP) is 3.27. The molecule has 0 saturated heterocycles. The van der Waals surface area contributed by atoms with E-state index in [0.717, 1.165) is 12.1 Å². The Bertz CT molecular complexity index is 768. The number of nitriles is 1. The second-order valence-electron chi connectivity index (χ2n) is 4.82. The van der Waals surface area contributed by atoms with Crippen LogP contribution in [0.3, 0.4) is 0 Å². The molecule has 0 aromatic heterocycles. The zero-order chi connectivity index (χ0) is 18.3. The molecule has 0 radical (unpaired) electrons. The summed E-state index contributed by atoms with van der Waals surface area (Å²) in [5.74, 6) is -0.351. The molecule has 8 heteroatoms. The third-order valence-electron chi connectivity index (χ3n) is 2.97. The van der Waals surface area contributed by atoms with Crippen LogP contribution in [0.15, 0.2) is 48.5 Å². The summed E-state index contributed by atoms with van der Waals surface area (Å²) in [6, 6.07) is 13.1. The lowest BCUT2D eigenvalue weighted by Crippen LogP contribution is -2.28. The van der Waals surface area contributed by atoms with Crippen molar-refractivity contribution in [3.05, 3.63) is 59.7 Å². The molecular weight excluding hydrogens is 337 g/mol. The van der Waals surface area contributed by atoms with Gasteiger partial charge in [-0.25, -0.2) is 0 Å². The van der Waals surface area contributed by atoms with Crippen LogP contribution in [0, 0.1) is 11.3 Å². The Labute approximate surface area is 141 Å². The number of hydrogen-bond acceptors (Lipinski definition) is 4. The second-order valence-corrected chi connectivity index (χ2v) is 4.82. The lowest BCUT2D eigenvalue weighted by molar-refractivity contribution is -0.274. The summed E-state index contributed by atoms with van der Waals surface area (Å²) in [5, 5.41) is 11.4. The van der Waals surface area contributed by atoms with E-state index in [-0.39, 0.29) is 24.8 Å². The van der Waals surface area contributed by atoms with Gasteiger partial charge in [-0.15, -0.1) is 13.2 Å². The summed E-state index contributed by atoms with van der Waals surface area (Å²) in [6.45, 7) is 0.319.